The van der Waals surface area contributed by atoms with Gasteiger partial charge in [0, 0.05) is 11.6 Å². The van der Waals surface area contributed by atoms with Gasteiger partial charge >= 0.3 is 6.43 Å². The number of halogens is 4. The normalized spacial score (nSPS) is 10.7. The van der Waals surface area contributed by atoms with Gasteiger partial charge in [-0.15, -0.1) is 0 Å². The van der Waals surface area contributed by atoms with Crippen LogP contribution in [0.15, 0.2) is 42.5 Å². The molecule has 0 saturated heterocycles. The highest BCUT2D eigenvalue weighted by atomic mass is 19.3. The number of hydrogen-bond acceptors (Lipinski definition) is 2. The molecule has 2 aromatic rings. The molecular formula is C15H10F4O2. The summed E-state index contributed by atoms with van der Waals surface area (Å²) < 4.78 is 55.8. The van der Waals surface area contributed by atoms with E-state index in [4.69, 9.17) is 4.74 Å². The lowest BCUT2D eigenvalue weighted by atomic mass is 10.1. The van der Waals surface area contributed by atoms with Gasteiger partial charge in [0.15, 0.2) is 11.6 Å². The van der Waals surface area contributed by atoms with E-state index in [-0.39, 0.29) is 17.9 Å². The van der Waals surface area contributed by atoms with Crippen LogP contribution < -0.4 is 4.74 Å². The predicted molar refractivity (Wildman–Crippen MR) is 67.5 cm³/mol. The molecule has 0 amide bonds. The van der Waals surface area contributed by atoms with Gasteiger partial charge in [0.25, 0.3) is 0 Å². The van der Waals surface area contributed by atoms with Crippen LogP contribution in [0, 0.1) is 11.6 Å². The predicted octanol–water partition coefficient (Wildman–Crippen LogP) is 3.99. The number of carbonyl (C=O) groups is 1. The minimum absolute atomic E-state index is 0.0798. The molecule has 0 radical (unpaired) electrons. The summed E-state index contributed by atoms with van der Waals surface area (Å²) in [5, 5.41) is 0. The lowest BCUT2D eigenvalue weighted by molar-refractivity contribution is 0.0678. The lowest BCUT2D eigenvalue weighted by Gasteiger charge is -2.08. The number of carbonyl (C=O) groups excluding carboxylic acids is 1. The van der Waals surface area contributed by atoms with Gasteiger partial charge in [-0.3, -0.25) is 4.79 Å². The Morgan fingerprint density at radius 2 is 1.71 bits per heavy atom. The van der Waals surface area contributed by atoms with Crippen LogP contribution in [-0.2, 0) is 6.61 Å². The van der Waals surface area contributed by atoms with E-state index in [1.165, 1.54) is 24.3 Å². The number of Topliss-reactive ketones (excluding diaryl/α,β-unsaturated/α-hetero) is 1. The van der Waals surface area contributed by atoms with Gasteiger partial charge in [-0.25, -0.2) is 17.6 Å². The maximum Gasteiger partial charge on any atom is 0.300 e. The summed E-state index contributed by atoms with van der Waals surface area (Å²) in [5.74, 6) is -2.86. The third-order valence-electron chi connectivity index (χ3n) is 2.72. The second-order valence-electron chi connectivity index (χ2n) is 4.23. The Kier molecular flexibility index (Phi) is 4.57. The van der Waals surface area contributed by atoms with Crippen LogP contribution in [-0.4, -0.2) is 12.2 Å². The molecule has 0 saturated carbocycles. The van der Waals surface area contributed by atoms with Crippen LogP contribution in [0.2, 0.25) is 0 Å². The standard InChI is InChI=1S/C15H10F4O2/c16-11-5-6-12(17)13(7-11)21-8-9-1-3-10(4-2-9)14(20)15(18)19/h1-7,15H,8H2. The van der Waals surface area contributed by atoms with Gasteiger partial charge in [0.05, 0.1) is 0 Å². The highest BCUT2D eigenvalue weighted by Gasteiger charge is 2.17. The molecule has 0 fully saturated rings. The summed E-state index contributed by atoms with van der Waals surface area (Å²) in [7, 11) is 0. The fourth-order valence-electron chi connectivity index (χ4n) is 1.64. The first-order valence-corrected chi connectivity index (χ1v) is 5.96. The Labute approximate surface area is 118 Å². The first kappa shape index (κ1) is 15.0. The highest BCUT2D eigenvalue weighted by Crippen LogP contribution is 2.19. The van der Waals surface area contributed by atoms with Crippen molar-refractivity contribution in [3.63, 3.8) is 0 Å². The molecule has 2 rings (SSSR count). The molecule has 0 N–H and O–H groups in total. The van der Waals surface area contributed by atoms with Crippen molar-refractivity contribution in [2.45, 2.75) is 13.0 Å². The van der Waals surface area contributed by atoms with E-state index in [9.17, 15) is 22.4 Å². The van der Waals surface area contributed by atoms with Gasteiger partial charge < -0.3 is 4.74 Å². The average Bonchev–Trinajstić information content (AvgIpc) is 2.48. The zero-order valence-corrected chi connectivity index (χ0v) is 10.7. The van der Waals surface area contributed by atoms with Crippen LogP contribution in [0.5, 0.6) is 5.75 Å². The van der Waals surface area contributed by atoms with Crippen molar-refractivity contribution in [3.05, 3.63) is 65.2 Å². The van der Waals surface area contributed by atoms with E-state index in [1.54, 1.807) is 0 Å². The molecule has 0 spiro atoms. The molecule has 0 unspecified atom stereocenters. The van der Waals surface area contributed by atoms with Crippen molar-refractivity contribution in [2.24, 2.45) is 0 Å². The first-order valence-electron chi connectivity index (χ1n) is 5.96. The molecule has 110 valence electrons. The molecule has 2 aromatic carbocycles. The molecule has 0 aliphatic heterocycles. The Morgan fingerprint density at radius 1 is 1.05 bits per heavy atom. The molecule has 0 aromatic heterocycles. The number of ether oxygens (including phenoxy) is 1. The van der Waals surface area contributed by atoms with E-state index in [0.717, 1.165) is 18.2 Å². The van der Waals surface area contributed by atoms with Crippen molar-refractivity contribution in [3.8, 4) is 5.75 Å². The number of alkyl halides is 2. The Balaban J connectivity index is 2.04. The number of hydrogen-bond donors (Lipinski definition) is 0. The molecule has 0 atom stereocenters. The minimum Gasteiger partial charge on any atom is -0.486 e. The SMILES string of the molecule is O=C(c1ccc(COc2cc(F)ccc2F)cc1)C(F)F. The first-order chi connectivity index (χ1) is 9.97. The van der Waals surface area contributed by atoms with Gasteiger partial charge in [0.1, 0.15) is 12.4 Å². The summed E-state index contributed by atoms with van der Waals surface area (Å²) in [5.41, 5.74) is 0.412. The van der Waals surface area contributed by atoms with E-state index < -0.39 is 23.8 Å². The van der Waals surface area contributed by atoms with Gasteiger partial charge in [-0.2, -0.15) is 0 Å². The van der Waals surface area contributed by atoms with Crippen LogP contribution >= 0.6 is 0 Å². The largest absolute Gasteiger partial charge is 0.486 e. The van der Waals surface area contributed by atoms with Crippen LogP contribution in [0.1, 0.15) is 15.9 Å². The second kappa shape index (κ2) is 6.39. The molecule has 0 aliphatic carbocycles. The highest BCUT2D eigenvalue weighted by molar-refractivity contribution is 5.98. The summed E-state index contributed by atoms with van der Waals surface area (Å²) in [6, 6.07) is 8.09. The Hall–Kier alpha value is -2.37. The van der Waals surface area contributed by atoms with Crippen LogP contribution in [0.25, 0.3) is 0 Å². The summed E-state index contributed by atoms with van der Waals surface area (Å²) in [6.45, 7) is -0.0798. The zero-order valence-electron chi connectivity index (χ0n) is 10.7. The maximum atomic E-state index is 13.3. The monoisotopic (exact) mass is 298 g/mol. The lowest BCUT2D eigenvalue weighted by Crippen LogP contribution is -2.10. The second-order valence-corrected chi connectivity index (χ2v) is 4.23. The van der Waals surface area contributed by atoms with E-state index in [0.29, 0.717) is 5.56 Å². The average molecular weight is 298 g/mol. The third kappa shape index (κ3) is 3.81. The smallest absolute Gasteiger partial charge is 0.300 e. The number of benzene rings is 2. The van der Waals surface area contributed by atoms with E-state index in [2.05, 4.69) is 0 Å². The van der Waals surface area contributed by atoms with Gasteiger partial charge in [0.2, 0.25) is 5.78 Å². The van der Waals surface area contributed by atoms with Crippen LogP contribution in [0.3, 0.4) is 0 Å². The van der Waals surface area contributed by atoms with Crippen molar-refractivity contribution in [2.75, 3.05) is 0 Å². The molecule has 21 heavy (non-hydrogen) atoms. The van der Waals surface area contributed by atoms with Gasteiger partial charge in [-0.1, -0.05) is 24.3 Å². The molecule has 0 heterocycles. The van der Waals surface area contributed by atoms with Crippen molar-refractivity contribution < 1.29 is 27.1 Å². The van der Waals surface area contributed by atoms with Crippen molar-refractivity contribution in [1.29, 1.82) is 0 Å². The fourth-order valence-corrected chi connectivity index (χ4v) is 1.64. The molecular weight excluding hydrogens is 288 g/mol. The summed E-state index contributed by atoms with van der Waals surface area (Å²) in [6.07, 6.45) is -3.06. The van der Waals surface area contributed by atoms with Crippen molar-refractivity contribution in [1.82, 2.24) is 0 Å². The minimum atomic E-state index is -3.06. The summed E-state index contributed by atoms with van der Waals surface area (Å²) in [4.78, 5) is 11.0. The fraction of sp³-hybridized carbons (Fsp3) is 0.133. The topological polar surface area (TPSA) is 26.3 Å². The maximum absolute atomic E-state index is 13.3. The van der Waals surface area contributed by atoms with E-state index >= 15 is 0 Å². The molecule has 2 nitrogen and oxygen atoms in total. The molecule has 0 bridgehead atoms. The summed E-state index contributed by atoms with van der Waals surface area (Å²) >= 11 is 0. The quantitative estimate of drug-likeness (QED) is 0.616. The van der Waals surface area contributed by atoms with Crippen LogP contribution in [0.4, 0.5) is 17.6 Å². The number of ketones is 1. The van der Waals surface area contributed by atoms with Gasteiger partial charge in [-0.05, 0) is 17.7 Å². The van der Waals surface area contributed by atoms with Crippen molar-refractivity contribution >= 4 is 5.78 Å². The Bertz CT molecular complexity index is 639. The number of rotatable bonds is 5. The molecule has 0 aliphatic rings. The Morgan fingerprint density at radius 3 is 2.33 bits per heavy atom. The van der Waals surface area contributed by atoms with E-state index in [1.807, 2.05) is 0 Å². The molecule has 6 heteroatoms. The third-order valence-corrected chi connectivity index (χ3v) is 2.72. The zero-order chi connectivity index (χ0) is 15.4.